The molecule has 0 bridgehead atoms. The smallest absolute Gasteiger partial charge is 0.145 e. The Balaban J connectivity index is 1.80. The SMILES string of the molecule is NCC1(c2cccc(OC3COC3)c2)CCCCC1. The second kappa shape index (κ2) is 5.51. The van der Waals surface area contributed by atoms with Gasteiger partial charge in [-0.3, -0.25) is 0 Å². The quantitative estimate of drug-likeness (QED) is 0.906. The minimum Gasteiger partial charge on any atom is -0.486 e. The van der Waals surface area contributed by atoms with Crippen molar-refractivity contribution >= 4 is 0 Å². The molecule has 3 heteroatoms. The highest BCUT2D eigenvalue weighted by Crippen LogP contribution is 2.39. The maximum atomic E-state index is 6.10. The third-order valence-corrected chi connectivity index (χ3v) is 4.56. The Bertz CT molecular complexity index is 423. The van der Waals surface area contributed by atoms with Crippen molar-refractivity contribution in [3.8, 4) is 5.75 Å². The van der Waals surface area contributed by atoms with Crippen LogP contribution in [0.2, 0.25) is 0 Å². The van der Waals surface area contributed by atoms with Gasteiger partial charge in [-0.25, -0.2) is 0 Å². The summed E-state index contributed by atoms with van der Waals surface area (Å²) in [6, 6.07) is 8.53. The van der Waals surface area contributed by atoms with E-state index in [9.17, 15) is 0 Å². The van der Waals surface area contributed by atoms with Gasteiger partial charge in [-0.05, 0) is 30.5 Å². The van der Waals surface area contributed by atoms with Crippen molar-refractivity contribution in [1.29, 1.82) is 0 Å². The fourth-order valence-corrected chi connectivity index (χ4v) is 3.21. The lowest BCUT2D eigenvalue weighted by molar-refractivity contribution is -0.0797. The van der Waals surface area contributed by atoms with Crippen LogP contribution in [-0.2, 0) is 10.2 Å². The second-order valence-electron chi connectivity index (χ2n) is 5.85. The average molecular weight is 261 g/mol. The molecule has 2 fully saturated rings. The summed E-state index contributed by atoms with van der Waals surface area (Å²) in [5, 5.41) is 0. The van der Waals surface area contributed by atoms with Gasteiger partial charge in [-0.1, -0.05) is 31.4 Å². The molecular formula is C16H23NO2. The lowest BCUT2D eigenvalue weighted by atomic mass is 9.69. The van der Waals surface area contributed by atoms with E-state index in [1.54, 1.807) is 0 Å². The van der Waals surface area contributed by atoms with Crippen molar-refractivity contribution in [2.24, 2.45) is 5.73 Å². The van der Waals surface area contributed by atoms with Crippen molar-refractivity contribution in [1.82, 2.24) is 0 Å². The lowest BCUT2D eigenvalue weighted by Crippen LogP contribution is -2.39. The van der Waals surface area contributed by atoms with E-state index in [2.05, 4.69) is 18.2 Å². The van der Waals surface area contributed by atoms with E-state index in [-0.39, 0.29) is 11.5 Å². The zero-order valence-corrected chi connectivity index (χ0v) is 11.4. The van der Waals surface area contributed by atoms with E-state index in [4.69, 9.17) is 15.2 Å². The monoisotopic (exact) mass is 261 g/mol. The Morgan fingerprint density at radius 1 is 1.21 bits per heavy atom. The molecule has 3 nitrogen and oxygen atoms in total. The van der Waals surface area contributed by atoms with Crippen LogP contribution in [0, 0.1) is 0 Å². The first-order valence-corrected chi connectivity index (χ1v) is 7.37. The summed E-state index contributed by atoms with van der Waals surface area (Å²) in [7, 11) is 0. The Kier molecular flexibility index (Phi) is 3.76. The number of hydrogen-bond donors (Lipinski definition) is 1. The van der Waals surface area contributed by atoms with Crippen LogP contribution in [-0.4, -0.2) is 25.9 Å². The summed E-state index contributed by atoms with van der Waals surface area (Å²) in [6.07, 6.45) is 6.57. The molecule has 1 saturated heterocycles. The molecule has 19 heavy (non-hydrogen) atoms. The van der Waals surface area contributed by atoms with Gasteiger partial charge < -0.3 is 15.2 Å². The highest BCUT2D eigenvalue weighted by atomic mass is 16.6. The van der Waals surface area contributed by atoms with Gasteiger partial charge in [0.2, 0.25) is 0 Å². The molecule has 0 amide bonds. The summed E-state index contributed by atoms with van der Waals surface area (Å²) in [6.45, 7) is 2.17. The molecule has 0 atom stereocenters. The van der Waals surface area contributed by atoms with Crippen LogP contribution in [0.1, 0.15) is 37.7 Å². The average Bonchev–Trinajstić information content (AvgIpc) is 2.44. The fraction of sp³-hybridized carbons (Fsp3) is 0.625. The van der Waals surface area contributed by atoms with Crippen LogP contribution >= 0.6 is 0 Å². The Hall–Kier alpha value is -1.06. The lowest BCUT2D eigenvalue weighted by Gasteiger charge is -2.37. The molecule has 0 radical (unpaired) electrons. The van der Waals surface area contributed by atoms with Gasteiger partial charge in [0.25, 0.3) is 0 Å². The molecule has 0 aromatic heterocycles. The molecule has 0 unspecified atom stereocenters. The summed E-state index contributed by atoms with van der Waals surface area (Å²) in [4.78, 5) is 0. The summed E-state index contributed by atoms with van der Waals surface area (Å²) >= 11 is 0. The second-order valence-corrected chi connectivity index (χ2v) is 5.85. The first-order chi connectivity index (χ1) is 9.32. The largest absolute Gasteiger partial charge is 0.486 e. The Labute approximate surface area is 115 Å². The molecule has 1 aliphatic heterocycles. The molecule has 1 aromatic carbocycles. The number of benzene rings is 1. The molecule has 3 rings (SSSR count). The molecule has 2 aliphatic rings. The molecular weight excluding hydrogens is 238 g/mol. The van der Waals surface area contributed by atoms with Gasteiger partial charge in [-0.15, -0.1) is 0 Å². The van der Waals surface area contributed by atoms with Gasteiger partial charge in [0.1, 0.15) is 11.9 Å². The number of nitrogens with two attached hydrogens (primary N) is 1. The zero-order chi connectivity index (χ0) is 13.1. The summed E-state index contributed by atoms with van der Waals surface area (Å²) in [5.41, 5.74) is 7.63. The molecule has 1 saturated carbocycles. The van der Waals surface area contributed by atoms with Crippen LogP contribution in [0.4, 0.5) is 0 Å². The van der Waals surface area contributed by atoms with Gasteiger partial charge in [-0.2, -0.15) is 0 Å². The van der Waals surface area contributed by atoms with Crippen molar-refractivity contribution in [2.45, 2.75) is 43.6 Å². The van der Waals surface area contributed by atoms with E-state index >= 15 is 0 Å². The van der Waals surface area contributed by atoms with E-state index in [0.29, 0.717) is 13.2 Å². The molecule has 104 valence electrons. The van der Waals surface area contributed by atoms with Crippen molar-refractivity contribution < 1.29 is 9.47 Å². The minimum atomic E-state index is 0.174. The molecule has 0 spiro atoms. The molecule has 2 N–H and O–H groups in total. The molecule has 1 aliphatic carbocycles. The van der Waals surface area contributed by atoms with E-state index in [0.717, 1.165) is 12.3 Å². The summed E-state index contributed by atoms with van der Waals surface area (Å²) in [5.74, 6) is 0.962. The maximum absolute atomic E-state index is 6.10. The predicted octanol–water partition coefficient (Wildman–Crippen LogP) is 2.62. The normalized spacial score (nSPS) is 22.8. The standard InChI is InChI=1S/C16H23NO2/c17-12-16(7-2-1-3-8-16)13-5-4-6-14(9-13)19-15-10-18-11-15/h4-6,9,15H,1-3,7-8,10-12,17H2. The van der Waals surface area contributed by atoms with E-state index in [1.807, 2.05) is 6.07 Å². The fourth-order valence-electron chi connectivity index (χ4n) is 3.21. The van der Waals surface area contributed by atoms with Gasteiger partial charge >= 0.3 is 0 Å². The van der Waals surface area contributed by atoms with Gasteiger partial charge in [0, 0.05) is 12.0 Å². The first kappa shape index (κ1) is 12.9. The highest BCUT2D eigenvalue weighted by molar-refractivity contribution is 5.35. The number of rotatable bonds is 4. The number of ether oxygens (including phenoxy) is 2. The third-order valence-electron chi connectivity index (χ3n) is 4.56. The van der Waals surface area contributed by atoms with Crippen LogP contribution in [0.3, 0.4) is 0 Å². The van der Waals surface area contributed by atoms with Crippen molar-refractivity contribution in [3.63, 3.8) is 0 Å². The van der Waals surface area contributed by atoms with E-state index < -0.39 is 0 Å². The van der Waals surface area contributed by atoms with E-state index in [1.165, 1.54) is 37.7 Å². The molecule has 1 aromatic rings. The van der Waals surface area contributed by atoms with Crippen LogP contribution in [0.15, 0.2) is 24.3 Å². The zero-order valence-electron chi connectivity index (χ0n) is 11.4. The van der Waals surface area contributed by atoms with Crippen molar-refractivity contribution in [2.75, 3.05) is 19.8 Å². The predicted molar refractivity (Wildman–Crippen MR) is 75.5 cm³/mol. The summed E-state index contributed by atoms with van der Waals surface area (Å²) < 4.78 is 11.1. The van der Waals surface area contributed by atoms with Crippen LogP contribution in [0.25, 0.3) is 0 Å². The minimum absolute atomic E-state index is 0.174. The number of hydrogen-bond acceptors (Lipinski definition) is 3. The third kappa shape index (κ3) is 2.63. The van der Waals surface area contributed by atoms with Crippen LogP contribution < -0.4 is 10.5 Å². The van der Waals surface area contributed by atoms with Crippen LogP contribution in [0.5, 0.6) is 5.75 Å². The highest BCUT2D eigenvalue weighted by Gasteiger charge is 2.32. The maximum Gasteiger partial charge on any atom is 0.145 e. The first-order valence-electron chi connectivity index (χ1n) is 7.37. The topological polar surface area (TPSA) is 44.5 Å². The molecule has 1 heterocycles. The van der Waals surface area contributed by atoms with Gasteiger partial charge in [0.15, 0.2) is 0 Å². The Morgan fingerprint density at radius 3 is 2.63 bits per heavy atom. The van der Waals surface area contributed by atoms with Gasteiger partial charge in [0.05, 0.1) is 13.2 Å². The van der Waals surface area contributed by atoms with Crippen molar-refractivity contribution in [3.05, 3.63) is 29.8 Å². The Morgan fingerprint density at radius 2 is 2.00 bits per heavy atom.